The summed E-state index contributed by atoms with van der Waals surface area (Å²) in [6.07, 6.45) is 12.4. The van der Waals surface area contributed by atoms with Crippen LogP contribution in [0.2, 0.25) is 0 Å². The highest BCUT2D eigenvalue weighted by atomic mass is 79.9. The second-order valence-corrected chi connectivity index (χ2v) is 10.5. The van der Waals surface area contributed by atoms with Gasteiger partial charge in [0.15, 0.2) is 5.82 Å². The van der Waals surface area contributed by atoms with Gasteiger partial charge in [-0.25, -0.2) is 9.37 Å². The Morgan fingerprint density at radius 3 is 2.47 bits per heavy atom. The summed E-state index contributed by atoms with van der Waals surface area (Å²) < 4.78 is 14.0. The fourth-order valence-electron chi connectivity index (χ4n) is 6.22. The van der Waals surface area contributed by atoms with E-state index in [1.165, 1.54) is 38.2 Å². The molecule has 2 bridgehead atoms. The lowest BCUT2D eigenvalue weighted by Gasteiger charge is -2.26. The maximum atomic E-state index is 13.9. The molecule has 1 saturated heterocycles. The lowest BCUT2D eigenvalue weighted by atomic mass is 9.81. The predicted molar refractivity (Wildman–Crippen MR) is 123 cm³/mol. The number of hydrogen-bond donors (Lipinski definition) is 2. The van der Waals surface area contributed by atoms with Gasteiger partial charge in [-0.1, -0.05) is 12.2 Å². The minimum absolute atomic E-state index is 0.0189. The van der Waals surface area contributed by atoms with E-state index in [1.807, 2.05) is 0 Å². The number of rotatable bonds is 8. The number of allylic oxidation sites excluding steroid dienone is 2. The average Bonchev–Trinajstić information content (AvgIpc) is 3.13. The van der Waals surface area contributed by atoms with Gasteiger partial charge in [-0.15, -0.1) is 0 Å². The largest absolute Gasteiger partial charge is 0.356 e. The lowest BCUT2D eigenvalue weighted by molar-refractivity contribution is -0.132. The summed E-state index contributed by atoms with van der Waals surface area (Å²) in [6, 6.07) is 1.25. The first-order chi connectivity index (χ1) is 15.5. The van der Waals surface area contributed by atoms with Crippen LogP contribution in [0.3, 0.4) is 0 Å². The predicted octanol–water partition coefficient (Wildman–Crippen LogP) is 3.74. The number of carbonyl (C=O) groups is 2. The molecule has 2 N–H and O–H groups in total. The number of hydrogen-bond acceptors (Lipinski definition) is 4. The molecule has 0 aromatic carbocycles. The van der Waals surface area contributed by atoms with Gasteiger partial charge in [0.1, 0.15) is 4.60 Å². The maximum absolute atomic E-state index is 13.9. The second-order valence-electron chi connectivity index (χ2n) is 9.75. The highest BCUT2D eigenvalue weighted by Gasteiger charge is 2.69. The van der Waals surface area contributed by atoms with Crippen LogP contribution in [0.5, 0.6) is 0 Å². The number of carbonyl (C=O) groups excluding carboxylic acids is 2. The van der Waals surface area contributed by atoms with Crippen molar-refractivity contribution in [1.29, 1.82) is 0 Å². The first kappa shape index (κ1) is 22.0. The van der Waals surface area contributed by atoms with Crippen LogP contribution in [-0.4, -0.2) is 47.9 Å². The number of unbranched alkanes of at least 4 members (excludes halogenated alkanes) is 1. The van der Waals surface area contributed by atoms with Crippen LogP contribution in [0.25, 0.3) is 0 Å². The van der Waals surface area contributed by atoms with Gasteiger partial charge in [0, 0.05) is 12.6 Å². The quantitative estimate of drug-likeness (QED) is 0.321. The van der Waals surface area contributed by atoms with E-state index < -0.39 is 11.7 Å². The number of anilines is 1. The van der Waals surface area contributed by atoms with Gasteiger partial charge in [0.05, 0.1) is 23.7 Å². The molecule has 0 radical (unpaired) electrons. The minimum atomic E-state index is -0.530. The molecule has 1 aromatic rings. The molecule has 1 aromatic heterocycles. The standard InChI is InChI=1S/C24H30BrFN4O2/c25-21-18(26)13-15(14-28-21)29-23(32)20-17-6-5-16(24(17)7-8-24)19(20)22(31)27-9-1-2-10-30-11-3-4-12-30/h5-6,13-14,16-17,19-20H,1-4,7-12H2,(H,27,31)(H,29,32)/t16-,17+,19-,20-/m1/s1. The Bertz CT molecular complexity index is 929. The Kier molecular flexibility index (Phi) is 6.09. The third kappa shape index (κ3) is 4.00. The minimum Gasteiger partial charge on any atom is -0.356 e. The zero-order chi connectivity index (χ0) is 22.3. The van der Waals surface area contributed by atoms with Crippen LogP contribution in [0.4, 0.5) is 10.1 Å². The van der Waals surface area contributed by atoms with E-state index in [4.69, 9.17) is 0 Å². The van der Waals surface area contributed by atoms with Crippen molar-refractivity contribution in [2.75, 3.05) is 31.5 Å². The van der Waals surface area contributed by atoms with Gasteiger partial charge >= 0.3 is 0 Å². The highest BCUT2D eigenvalue weighted by Crippen LogP contribution is 2.72. The Morgan fingerprint density at radius 1 is 1.12 bits per heavy atom. The molecule has 0 unspecified atom stereocenters. The maximum Gasteiger partial charge on any atom is 0.228 e. The average molecular weight is 505 g/mol. The van der Waals surface area contributed by atoms with Crippen LogP contribution < -0.4 is 10.6 Å². The Labute approximate surface area is 196 Å². The number of halogens is 2. The Hall–Kier alpha value is -1.80. The van der Waals surface area contributed by atoms with Crippen molar-refractivity contribution in [3.63, 3.8) is 0 Å². The van der Waals surface area contributed by atoms with Crippen molar-refractivity contribution >= 4 is 33.4 Å². The molecule has 2 heterocycles. The smallest absolute Gasteiger partial charge is 0.228 e. The van der Waals surface area contributed by atoms with Crippen molar-refractivity contribution in [3.05, 3.63) is 34.8 Å². The van der Waals surface area contributed by atoms with E-state index in [9.17, 15) is 14.0 Å². The van der Waals surface area contributed by atoms with Crippen LogP contribution in [-0.2, 0) is 9.59 Å². The second kappa shape index (κ2) is 8.86. The Morgan fingerprint density at radius 2 is 1.81 bits per heavy atom. The van der Waals surface area contributed by atoms with E-state index in [0.29, 0.717) is 12.2 Å². The van der Waals surface area contributed by atoms with E-state index in [2.05, 4.69) is 48.6 Å². The lowest BCUT2D eigenvalue weighted by Crippen LogP contribution is -2.42. The number of aromatic nitrogens is 1. The molecular formula is C24H30BrFN4O2. The molecule has 5 rings (SSSR count). The summed E-state index contributed by atoms with van der Waals surface area (Å²) in [5.41, 5.74) is 0.386. The summed E-state index contributed by atoms with van der Waals surface area (Å²) in [4.78, 5) is 32.9. The number of likely N-dealkylation sites (tertiary alicyclic amines) is 1. The van der Waals surface area contributed by atoms with Crippen molar-refractivity contribution < 1.29 is 14.0 Å². The summed E-state index contributed by atoms with van der Waals surface area (Å²) in [5, 5.41) is 5.93. The molecule has 1 spiro atoms. The Balaban J connectivity index is 1.22. The first-order valence-electron chi connectivity index (χ1n) is 11.8. The monoisotopic (exact) mass is 504 g/mol. The van der Waals surface area contributed by atoms with Crippen LogP contribution >= 0.6 is 15.9 Å². The molecule has 4 atom stereocenters. The van der Waals surface area contributed by atoms with E-state index >= 15 is 0 Å². The van der Waals surface area contributed by atoms with Crippen molar-refractivity contribution in [2.45, 2.75) is 38.5 Å². The molecule has 32 heavy (non-hydrogen) atoms. The topological polar surface area (TPSA) is 74.3 Å². The zero-order valence-corrected chi connectivity index (χ0v) is 19.7. The first-order valence-corrected chi connectivity index (χ1v) is 12.6. The fourth-order valence-corrected chi connectivity index (χ4v) is 6.44. The highest BCUT2D eigenvalue weighted by molar-refractivity contribution is 9.10. The molecule has 4 aliphatic rings. The molecule has 3 aliphatic carbocycles. The van der Waals surface area contributed by atoms with E-state index in [0.717, 1.165) is 32.2 Å². The number of nitrogens with zero attached hydrogens (tertiary/aromatic N) is 2. The molecular weight excluding hydrogens is 475 g/mol. The van der Waals surface area contributed by atoms with Gasteiger partial charge in [0.25, 0.3) is 0 Å². The summed E-state index contributed by atoms with van der Waals surface area (Å²) in [5.74, 6) is -1.36. The zero-order valence-electron chi connectivity index (χ0n) is 18.2. The van der Waals surface area contributed by atoms with Gasteiger partial charge in [-0.2, -0.15) is 0 Å². The van der Waals surface area contributed by atoms with Gasteiger partial charge in [-0.3, -0.25) is 9.59 Å². The number of amides is 2. The summed E-state index contributed by atoms with van der Waals surface area (Å²) in [7, 11) is 0. The van der Waals surface area contributed by atoms with Crippen molar-refractivity contribution in [2.24, 2.45) is 29.1 Å². The molecule has 2 amide bonds. The van der Waals surface area contributed by atoms with Crippen LogP contribution in [0.1, 0.15) is 38.5 Å². The van der Waals surface area contributed by atoms with Crippen LogP contribution in [0.15, 0.2) is 29.0 Å². The SMILES string of the molecule is O=C(NCCCCN1CCCC1)[C@H]1[C@H](C(=O)Nc2cnc(Br)c(F)c2)[C@@H]2C=C[C@H]1C21CC1. The summed E-state index contributed by atoms with van der Waals surface area (Å²) >= 11 is 3.03. The van der Waals surface area contributed by atoms with Crippen molar-refractivity contribution in [1.82, 2.24) is 15.2 Å². The van der Waals surface area contributed by atoms with Crippen LogP contribution in [0, 0.1) is 34.9 Å². The molecule has 2 saturated carbocycles. The van der Waals surface area contributed by atoms with Gasteiger partial charge in [0.2, 0.25) is 11.8 Å². The fraction of sp³-hybridized carbons (Fsp3) is 0.625. The van der Waals surface area contributed by atoms with Gasteiger partial charge in [-0.05, 0) is 91.3 Å². The van der Waals surface area contributed by atoms with Crippen molar-refractivity contribution in [3.8, 4) is 0 Å². The van der Waals surface area contributed by atoms with Gasteiger partial charge < -0.3 is 15.5 Å². The molecule has 6 nitrogen and oxygen atoms in total. The summed E-state index contributed by atoms with van der Waals surface area (Å²) in [6.45, 7) is 4.13. The molecule has 1 aliphatic heterocycles. The number of nitrogens with one attached hydrogen (secondary N) is 2. The third-order valence-corrected chi connectivity index (χ3v) is 8.49. The molecule has 172 valence electrons. The number of pyridine rings is 1. The van der Waals surface area contributed by atoms with E-state index in [-0.39, 0.29) is 39.6 Å². The van der Waals surface area contributed by atoms with E-state index in [1.54, 1.807) is 0 Å². The molecule has 3 fully saturated rings. The third-order valence-electron chi connectivity index (χ3n) is 7.91. The normalized spacial score (nSPS) is 29.6. The molecule has 8 heteroatoms.